The van der Waals surface area contributed by atoms with Crippen molar-refractivity contribution in [1.29, 1.82) is 0 Å². The third-order valence-electron chi connectivity index (χ3n) is 2.23. The standard InChI is InChI=1S/C10H18O/c11-10-8-6-4-2-1-3-5-7-9-10/h1-2,10-11H,3-9H2/b2-1+. The third kappa shape index (κ3) is 4.20. The average Bonchev–Trinajstić information content (AvgIpc) is 2.03. The molecule has 1 heteroatoms. The number of aliphatic hydroxyl groups is 1. The molecule has 64 valence electrons. The van der Waals surface area contributed by atoms with Crippen LogP contribution in [0.1, 0.15) is 44.9 Å². The second-order valence-electron chi connectivity index (χ2n) is 3.34. The van der Waals surface area contributed by atoms with Gasteiger partial charge < -0.3 is 5.11 Å². The molecule has 1 N–H and O–H groups in total. The van der Waals surface area contributed by atoms with Gasteiger partial charge in [0.2, 0.25) is 0 Å². The quantitative estimate of drug-likeness (QED) is 0.532. The maximum absolute atomic E-state index is 9.41. The second kappa shape index (κ2) is 5.36. The van der Waals surface area contributed by atoms with E-state index in [9.17, 15) is 5.11 Å². The molecule has 0 radical (unpaired) electrons. The highest BCUT2D eigenvalue weighted by Gasteiger charge is 2.03. The van der Waals surface area contributed by atoms with E-state index >= 15 is 0 Å². The van der Waals surface area contributed by atoms with Gasteiger partial charge in [-0.15, -0.1) is 0 Å². The first-order chi connectivity index (χ1) is 5.39. The van der Waals surface area contributed by atoms with Gasteiger partial charge in [-0.1, -0.05) is 18.6 Å². The molecule has 0 aromatic carbocycles. The van der Waals surface area contributed by atoms with E-state index in [0.29, 0.717) is 0 Å². The van der Waals surface area contributed by atoms with Gasteiger partial charge in [0.05, 0.1) is 6.10 Å². The zero-order chi connectivity index (χ0) is 7.94. The molecule has 0 saturated heterocycles. The van der Waals surface area contributed by atoms with Gasteiger partial charge >= 0.3 is 0 Å². The van der Waals surface area contributed by atoms with E-state index < -0.39 is 0 Å². The summed E-state index contributed by atoms with van der Waals surface area (Å²) in [4.78, 5) is 0. The van der Waals surface area contributed by atoms with Crippen LogP contribution in [0.25, 0.3) is 0 Å². The molecule has 1 aliphatic rings. The van der Waals surface area contributed by atoms with E-state index in [1.807, 2.05) is 0 Å². The second-order valence-corrected chi connectivity index (χ2v) is 3.34. The predicted octanol–water partition coefficient (Wildman–Crippen LogP) is 2.65. The first-order valence-electron chi connectivity index (χ1n) is 4.72. The average molecular weight is 154 g/mol. The van der Waals surface area contributed by atoms with Crippen LogP contribution in [0, 0.1) is 0 Å². The maximum atomic E-state index is 9.41. The van der Waals surface area contributed by atoms with Crippen LogP contribution in [0.2, 0.25) is 0 Å². The van der Waals surface area contributed by atoms with Crippen molar-refractivity contribution >= 4 is 0 Å². The molecule has 0 aliphatic heterocycles. The van der Waals surface area contributed by atoms with E-state index in [1.54, 1.807) is 0 Å². The van der Waals surface area contributed by atoms with Crippen LogP contribution in [-0.2, 0) is 0 Å². The molecular formula is C10H18O. The summed E-state index contributed by atoms with van der Waals surface area (Å²) in [5, 5.41) is 9.41. The van der Waals surface area contributed by atoms with Gasteiger partial charge in [-0.05, 0) is 38.5 Å². The Hall–Kier alpha value is -0.300. The van der Waals surface area contributed by atoms with Crippen LogP contribution in [0.3, 0.4) is 0 Å². The highest BCUT2D eigenvalue weighted by Crippen LogP contribution is 2.12. The first-order valence-corrected chi connectivity index (χ1v) is 4.72. The molecule has 1 rings (SSSR count). The highest BCUT2D eigenvalue weighted by molar-refractivity contribution is 4.82. The summed E-state index contributed by atoms with van der Waals surface area (Å²) < 4.78 is 0. The maximum Gasteiger partial charge on any atom is 0.0540 e. The minimum atomic E-state index is -0.0264. The van der Waals surface area contributed by atoms with Gasteiger partial charge in [-0.3, -0.25) is 0 Å². The Balaban J connectivity index is 2.23. The zero-order valence-corrected chi connectivity index (χ0v) is 7.13. The van der Waals surface area contributed by atoms with Crippen molar-refractivity contribution in [1.82, 2.24) is 0 Å². The van der Waals surface area contributed by atoms with Crippen LogP contribution in [0.5, 0.6) is 0 Å². The lowest BCUT2D eigenvalue weighted by Crippen LogP contribution is -2.05. The fraction of sp³-hybridized carbons (Fsp3) is 0.800. The largest absolute Gasteiger partial charge is 0.393 e. The molecule has 0 spiro atoms. The highest BCUT2D eigenvalue weighted by atomic mass is 16.3. The van der Waals surface area contributed by atoms with Crippen molar-refractivity contribution in [2.75, 3.05) is 0 Å². The van der Waals surface area contributed by atoms with Crippen molar-refractivity contribution in [3.63, 3.8) is 0 Å². The fourth-order valence-electron chi connectivity index (χ4n) is 1.49. The minimum absolute atomic E-state index is 0.0264. The molecule has 1 atom stereocenters. The molecule has 0 fully saturated rings. The molecule has 0 aromatic rings. The summed E-state index contributed by atoms with van der Waals surface area (Å²) in [6.45, 7) is 0. The number of rotatable bonds is 0. The van der Waals surface area contributed by atoms with Gasteiger partial charge in [-0.2, -0.15) is 0 Å². The van der Waals surface area contributed by atoms with Crippen molar-refractivity contribution in [2.24, 2.45) is 0 Å². The van der Waals surface area contributed by atoms with Crippen LogP contribution in [0.4, 0.5) is 0 Å². The topological polar surface area (TPSA) is 20.2 Å². The summed E-state index contributed by atoms with van der Waals surface area (Å²) in [6.07, 6.45) is 12.4. The van der Waals surface area contributed by atoms with Gasteiger partial charge in [-0.25, -0.2) is 0 Å². The molecule has 0 amide bonds. The van der Waals surface area contributed by atoms with Gasteiger partial charge in [0.1, 0.15) is 0 Å². The molecule has 1 unspecified atom stereocenters. The predicted molar refractivity (Wildman–Crippen MR) is 47.5 cm³/mol. The van der Waals surface area contributed by atoms with E-state index in [4.69, 9.17) is 0 Å². The lowest BCUT2D eigenvalue weighted by molar-refractivity contribution is 0.148. The zero-order valence-electron chi connectivity index (χ0n) is 7.13. The minimum Gasteiger partial charge on any atom is -0.393 e. The van der Waals surface area contributed by atoms with E-state index in [1.165, 1.54) is 19.3 Å². The Morgan fingerprint density at radius 2 is 1.55 bits per heavy atom. The third-order valence-corrected chi connectivity index (χ3v) is 2.23. The molecular weight excluding hydrogens is 136 g/mol. The summed E-state index contributed by atoms with van der Waals surface area (Å²) in [7, 11) is 0. The first kappa shape index (κ1) is 8.79. The molecule has 0 aromatic heterocycles. The van der Waals surface area contributed by atoms with Gasteiger partial charge in [0.15, 0.2) is 0 Å². The number of hydrogen-bond donors (Lipinski definition) is 1. The van der Waals surface area contributed by atoms with Crippen molar-refractivity contribution in [3.05, 3.63) is 12.2 Å². The normalized spacial score (nSPS) is 31.2. The van der Waals surface area contributed by atoms with Gasteiger partial charge in [0.25, 0.3) is 0 Å². The number of aliphatic hydroxyl groups excluding tert-OH is 1. The van der Waals surface area contributed by atoms with Crippen molar-refractivity contribution in [2.45, 2.75) is 51.0 Å². The number of allylic oxidation sites excluding steroid dienone is 2. The Morgan fingerprint density at radius 3 is 2.36 bits per heavy atom. The Morgan fingerprint density at radius 1 is 0.909 bits per heavy atom. The smallest absolute Gasteiger partial charge is 0.0540 e. The lowest BCUT2D eigenvalue weighted by Gasteiger charge is -2.09. The summed E-state index contributed by atoms with van der Waals surface area (Å²) >= 11 is 0. The van der Waals surface area contributed by atoms with Crippen molar-refractivity contribution in [3.8, 4) is 0 Å². The Bertz CT molecular complexity index is 118. The lowest BCUT2D eigenvalue weighted by atomic mass is 10.0. The van der Waals surface area contributed by atoms with Crippen LogP contribution < -0.4 is 0 Å². The monoisotopic (exact) mass is 154 g/mol. The Kier molecular flexibility index (Phi) is 4.29. The van der Waals surface area contributed by atoms with Crippen LogP contribution >= 0.6 is 0 Å². The molecule has 0 bridgehead atoms. The van der Waals surface area contributed by atoms with Crippen LogP contribution in [-0.4, -0.2) is 11.2 Å². The van der Waals surface area contributed by atoms with E-state index in [0.717, 1.165) is 25.7 Å². The van der Waals surface area contributed by atoms with E-state index in [-0.39, 0.29) is 6.10 Å². The summed E-state index contributed by atoms with van der Waals surface area (Å²) in [5.74, 6) is 0. The van der Waals surface area contributed by atoms with Crippen LogP contribution in [0.15, 0.2) is 12.2 Å². The Labute approximate surface area is 69.1 Å². The molecule has 0 heterocycles. The number of hydrogen-bond acceptors (Lipinski definition) is 1. The molecule has 1 aliphatic carbocycles. The summed E-state index contributed by atoms with van der Waals surface area (Å²) in [6, 6.07) is 0. The summed E-state index contributed by atoms with van der Waals surface area (Å²) in [5.41, 5.74) is 0. The molecule has 1 nitrogen and oxygen atoms in total. The van der Waals surface area contributed by atoms with Gasteiger partial charge in [0, 0.05) is 0 Å². The molecule has 11 heavy (non-hydrogen) atoms. The molecule has 0 saturated carbocycles. The fourth-order valence-corrected chi connectivity index (χ4v) is 1.49. The SMILES string of the molecule is OC1CCC/C=C/CCCC1. The van der Waals surface area contributed by atoms with Crippen molar-refractivity contribution < 1.29 is 5.11 Å². The van der Waals surface area contributed by atoms with E-state index in [2.05, 4.69) is 12.2 Å².